The number of rotatable bonds is 4. The summed E-state index contributed by atoms with van der Waals surface area (Å²) in [6.45, 7) is 2.34. The van der Waals surface area contributed by atoms with Gasteiger partial charge in [-0.05, 0) is 56.5 Å². The van der Waals surface area contributed by atoms with E-state index in [-0.39, 0.29) is 5.56 Å². The van der Waals surface area contributed by atoms with E-state index < -0.39 is 5.97 Å². The van der Waals surface area contributed by atoms with Crippen molar-refractivity contribution in [1.82, 2.24) is 14.9 Å². The average molecular weight is 311 g/mol. The van der Waals surface area contributed by atoms with E-state index >= 15 is 0 Å². The van der Waals surface area contributed by atoms with Crippen LogP contribution in [0.2, 0.25) is 0 Å². The molecule has 0 radical (unpaired) electrons. The zero-order valence-corrected chi connectivity index (χ0v) is 13.3. The number of aromatic nitrogens is 2. The minimum Gasteiger partial charge on any atom is -0.478 e. The SMILES string of the molecule is CN1CCC[C@H](Cc2ccc(-c3cncc(C(=O)O)c3)nc2)C1. The van der Waals surface area contributed by atoms with Crippen LogP contribution >= 0.6 is 0 Å². The number of piperidine rings is 1. The van der Waals surface area contributed by atoms with Crippen LogP contribution in [-0.2, 0) is 6.42 Å². The van der Waals surface area contributed by atoms with Gasteiger partial charge in [-0.25, -0.2) is 4.79 Å². The molecule has 5 heteroatoms. The molecule has 0 spiro atoms. The van der Waals surface area contributed by atoms with Gasteiger partial charge in [0.2, 0.25) is 0 Å². The van der Waals surface area contributed by atoms with Crippen molar-refractivity contribution in [3.05, 3.63) is 47.9 Å². The molecule has 2 aromatic rings. The molecule has 3 heterocycles. The number of aromatic carboxylic acids is 1. The Labute approximate surface area is 136 Å². The Balaban J connectivity index is 1.72. The lowest BCUT2D eigenvalue weighted by Gasteiger charge is -2.29. The van der Waals surface area contributed by atoms with E-state index in [2.05, 4.69) is 28.0 Å². The quantitative estimate of drug-likeness (QED) is 0.940. The average Bonchev–Trinajstić information content (AvgIpc) is 2.56. The fourth-order valence-electron chi connectivity index (χ4n) is 3.19. The van der Waals surface area contributed by atoms with Crippen LogP contribution in [0.1, 0.15) is 28.8 Å². The normalized spacial score (nSPS) is 18.7. The maximum atomic E-state index is 11.0. The highest BCUT2D eigenvalue weighted by molar-refractivity contribution is 5.88. The van der Waals surface area contributed by atoms with Gasteiger partial charge in [0.25, 0.3) is 0 Å². The van der Waals surface area contributed by atoms with Crippen molar-refractivity contribution in [3.63, 3.8) is 0 Å². The third kappa shape index (κ3) is 3.93. The first-order valence-corrected chi connectivity index (χ1v) is 7.94. The van der Waals surface area contributed by atoms with Crippen LogP contribution in [0, 0.1) is 5.92 Å². The lowest BCUT2D eigenvalue weighted by molar-refractivity contribution is 0.0696. The van der Waals surface area contributed by atoms with Crippen molar-refractivity contribution in [2.45, 2.75) is 19.3 Å². The Bertz CT molecular complexity index is 685. The van der Waals surface area contributed by atoms with Crippen molar-refractivity contribution in [1.29, 1.82) is 0 Å². The van der Waals surface area contributed by atoms with E-state index in [0.29, 0.717) is 5.92 Å². The van der Waals surface area contributed by atoms with E-state index in [1.54, 1.807) is 12.3 Å². The molecular formula is C18H21N3O2. The molecule has 0 saturated carbocycles. The fourth-order valence-corrected chi connectivity index (χ4v) is 3.19. The number of hydrogen-bond donors (Lipinski definition) is 1. The van der Waals surface area contributed by atoms with Crippen LogP contribution in [-0.4, -0.2) is 46.1 Å². The summed E-state index contributed by atoms with van der Waals surface area (Å²) >= 11 is 0. The number of nitrogens with zero attached hydrogens (tertiary/aromatic N) is 3. The molecule has 5 nitrogen and oxygen atoms in total. The number of hydrogen-bond acceptors (Lipinski definition) is 4. The zero-order chi connectivity index (χ0) is 16.2. The standard InChI is InChI=1S/C18H21N3O2/c1-21-6-2-3-14(12-21)7-13-4-5-17(20-9-13)15-8-16(18(22)23)11-19-10-15/h4-5,8-11,14H,2-3,6-7,12H2,1H3,(H,22,23)/t14-/m1/s1. The van der Waals surface area contributed by atoms with Crippen LogP contribution in [0.4, 0.5) is 0 Å². The number of carboxylic acids is 1. The van der Waals surface area contributed by atoms with Crippen molar-refractivity contribution >= 4 is 5.97 Å². The molecule has 1 saturated heterocycles. The van der Waals surface area contributed by atoms with Crippen molar-refractivity contribution < 1.29 is 9.90 Å². The number of carbonyl (C=O) groups is 1. The van der Waals surface area contributed by atoms with Gasteiger partial charge < -0.3 is 10.0 Å². The maximum Gasteiger partial charge on any atom is 0.337 e. The first kappa shape index (κ1) is 15.6. The van der Waals surface area contributed by atoms with Gasteiger partial charge in [-0.3, -0.25) is 9.97 Å². The van der Waals surface area contributed by atoms with Gasteiger partial charge in [-0.1, -0.05) is 6.07 Å². The number of likely N-dealkylation sites (tertiary alicyclic amines) is 1. The topological polar surface area (TPSA) is 66.3 Å². The van der Waals surface area contributed by atoms with E-state index in [1.807, 2.05) is 12.3 Å². The lowest BCUT2D eigenvalue weighted by atomic mass is 9.92. The molecule has 0 aromatic carbocycles. The number of pyridine rings is 2. The lowest BCUT2D eigenvalue weighted by Crippen LogP contribution is -2.32. The van der Waals surface area contributed by atoms with Crippen LogP contribution in [0.15, 0.2) is 36.8 Å². The van der Waals surface area contributed by atoms with Crippen molar-refractivity contribution in [2.24, 2.45) is 5.92 Å². The minimum atomic E-state index is -0.975. The van der Waals surface area contributed by atoms with Gasteiger partial charge in [0, 0.05) is 30.7 Å². The smallest absolute Gasteiger partial charge is 0.337 e. The predicted molar refractivity (Wildman–Crippen MR) is 88.4 cm³/mol. The van der Waals surface area contributed by atoms with Crippen LogP contribution in [0.3, 0.4) is 0 Å². The van der Waals surface area contributed by atoms with E-state index in [1.165, 1.54) is 31.1 Å². The third-order valence-electron chi connectivity index (χ3n) is 4.35. The summed E-state index contributed by atoms with van der Waals surface area (Å²) in [5, 5.41) is 9.04. The van der Waals surface area contributed by atoms with E-state index in [4.69, 9.17) is 5.11 Å². The summed E-state index contributed by atoms with van der Waals surface area (Å²) in [5.74, 6) is -0.282. The van der Waals surface area contributed by atoms with Crippen molar-refractivity contribution in [2.75, 3.05) is 20.1 Å². The molecule has 0 unspecified atom stereocenters. The Hall–Kier alpha value is -2.27. The highest BCUT2D eigenvalue weighted by Crippen LogP contribution is 2.22. The first-order chi connectivity index (χ1) is 11.1. The monoisotopic (exact) mass is 311 g/mol. The Morgan fingerprint density at radius 2 is 2.22 bits per heavy atom. The van der Waals surface area contributed by atoms with Crippen LogP contribution < -0.4 is 0 Å². The molecule has 3 rings (SSSR count). The van der Waals surface area contributed by atoms with Gasteiger partial charge in [-0.2, -0.15) is 0 Å². The van der Waals surface area contributed by atoms with Gasteiger partial charge in [0.1, 0.15) is 0 Å². The Morgan fingerprint density at radius 3 is 2.91 bits per heavy atom. The first-order valence-electron chi connectivity index (χ1n) is 7.94. The van der Waals surface area contributed by atoms with Gasteiger partial charge in [-0.15, -0.1) is 0 Å². The van der Waals surface area contributed by atoms with E-state index in [9.17, 15) is 4.79 Å². The van der Waals surface area contributed by atoms with Crippen LogP contribution in [0.25, 0.3) is 11.3 Å². The maximum absolute atomic E-state index is 11.0. The molecule has 23 heavy (non-hydrogen) atoms. The van der Waals surface area contributed by atoms with Gasteiger partial charge >= 0.3 is 5.97 Å². The second-order valence-corrected chi connectivity index (χ2v) is 6.29. The summed E-state index contributed by atoms with van der Waals surface area (Å²) < 4.78 is 0. The molecule has 0 amide bonds. The largest absolute Gasteiger partial charge is 0.478 e. The summed E-state index contributed by atoms with van der Waals surface area (Å²) in [6.07, 6.45) is 8.48. The second kappa shape index (κ2) is 6.87. The molecular weight excluding hydrogens is 290 g/mol. The predicted octanol–water partition coefficient (Wildman–Crippen LogP) is 2.73. The zero-order valence-electron chi connectivity index (χ0n) is 13.3. The molecule has 1 atom stereocenters. The molecule has 0 bridgehead atoms. The van der Waals surface area contributed by atoms with Gasteiger partial charge in [0.05, 0.1) is 11.3 Å². The molecule has 1 N–H and O–H groups in total. The molecule has 120 valence electrons. The highest BCUT2D eigenvalue weighted by atomic mass is 16.4. The Morgan fingerprint density at radius 1 is 1.35 bits per heavy atom. The van der Waals surface area contributed by atoms with Crippen molar-refractivity contribution in [3.8, 4) is 11.3 Å². The summed E-state index contributed by atoms with van der Waals surface area (Å²) in [7, 11) is 2.18. The molecule has 1 aliphatic rings. The third-order valence-corrected chi connectivity index (χ3v) is 4.35. The van der Waals surface area contributed by atoms with Crippen LogP contribution in [0.5, 0.6) is 0 Å². The Kier molecular flexibility index (Phi) is 4.67. The minimum absolute atomic E-state index is 0.179. The van der Waals surface area contributed by atoms with E-state index in [0.717, 1.165) is 24.2 Å². The summed E-state index contributed by atoms with van der Waals surface area (Å²) in [6, 6.07) is 5.64. The molecule has 1 fully saturated rings. The molecule has 0 aliphatic carbocycles. The summed E-state index contributed by atoms with van der Waals surface area (Å²) in [4.78, 5) is 21.9. The second-order valence-electron chi connectivity index (χ2n) is 6.29. The highest BCUT2D eigenvalue weighted by Gasteiger charge is 2.17. The fraction of sp³-hybridized carbons (Fsp3) is 0.389. The summed E-state index contributed by atoms with van der Waals surface area (Å²) in [5.41, 5.74) is 2.90. The molecule has 1 aliphatic heterocycles. The number of carboxylic acid groups (broad SMARTS) is 1. The molecule has 2 aromatic heterocycles. The van der Waals surface area contributed by atoms with Gasteiger partial charge in [0.15, 0.2) is 0 Å².